The van der Waals surface area contributed by atoms with E-state index in [-0.39, 0.29) is 12.5 Å². The lowest BCUT2D eigenvalue weighted by Crippen LogP contribution is -2.29. The minimum Gasteiger partial charge on any atom is -0.394 e. The van der Waals surface area contributed by atoms with Crippen molar-refractivity contribution < 1.29 is 5.11 Å². The number of aromatic nitrogens is 5. The molecule has 9 nitrogen and oxygen atoms in total. The lowest BCUT2D eigenvalue weighted by atomic mass is 9.91. The molecule has 1 atom stereocenters. The Hall–Kier alpha value is -3.17. The number of aliphatic hydroxyl groups excluding tert-OH is 1. The van der Waals surface area contributed by atoms with E-state index in [4.69, 9.17) is 10.7 Å². The molecule has 0 aromatic carbocycles. The van der Waals surface area contributed by atoms with Crippen LogP contribution in [-0.2, 0) is 6.54 Å². The molecular weight excluding hydrogens is 392 g/mol. The summed E-state index contributed by atoms with van der Waals surface area (Å²) in [6.45, 7) is 6.29. The van der Waals surface area contributed by atoms with Crippen LogP contribution < -0.4 is 11.1 Å². The van der Waals surface area contributed by atoms with Gasteiger partial charge in [-0.05, 0) is 19.4 Å². The maximum atomic E-state index is 9.26. The van der Waals surface area contributed by atoms with Gasteiger partial charge in [0.15, 0.2) is 5.65 Å². The summed E-state index contributed by atoms with van der Waals surface area (Å²) in [5.41, 5.74) is 11.9. The zero-order chi connectivity index (χ0) is 22.0. The number of rotatable bonds is 7. The van der Waals surface area contributed by atoms with Crippen molar-refractivity contribution in [2.45, 2.75) is 25.3 Å². The molecule has 4 heterocycles. The van der Waals surface area contributed by atoms with Crippen molar-refractivity contribution in [3.63, 3.8) is 0 Å². The van der Waals surface area contributed by atoms with Gasteiger partial charge in [-0.25, -0.2) is 4.98 Å². The summed E-state index contributed by atoms with van der Waals surface area (Å²) < 4.78 is 3.41. The highest BCUT2D eigenvalue weighted by molar-refractivity contribution is 5.85. The molecule has 1 aliphatic heterocycles. The van der Waals surface area contributed by atoms with Crippen LogP contribution in [0.4, 0.5) is 5.82 Å². The van der Waals surface area contributed by atoms with Gasteiger partial charge in [0.05, 0.1) is 31.2 Å². The number of nitrogens with one attached hydrogen (secondary N) is 1. The van der Waals surface area contributed by atoms with E-state index in [1.807, 2.05) is 37.5 Å². The maximum Gasteiger partial charge on any atom is 0.165 e. The number of allylic oxidation sites excluding steroid dienone is 2. The third kappa shape index (κ3) is 4.06. The summed E-state index contributed by atoms with van der Waals surface area (Å²) in [7, 11) is 3.94. The fourth-order valence-corrected chi connectivity index (χ4v) is 4.14. The van der Waals surface area contributed by atoms with Crippen LogP contribution in [0.5, 0.6) is 0 Å². The largest absolute Gasteiger partial charge is 0.394 e. The van der Waals surface area contributed by atoms with Gasteiger partial charge in [0.2, 0.25) is 0 Å². The van der Waals surface area contributed by atoms with E-state index in [0.717, 1.165) is 59.5 Å². The van der Waals surface area contributed by atoms with Crippen LogP contribution in [0.2, 0.25) is 0 Å². The molecule has 9 heteroatoms. The second-order valence-electron chi connectivity index (χ2n) is 8.06. The summed E-state index contributed by atoms with van der Waals surface area (Å²) in [6.07, 6.45) is 11.4. The van der Waals surface area contributed by atoms with Gasteiger partial charge in [-0.15, -0.1) is 0 Å². The average molecular weight is 423 g/mol. The molecule has 0 radical (unpaired) electrons. The van der Waals surface area contributed by atoms with E-state index in [1.165, 1.54) is 0 Å². The highest BCUT2D eigenvalue weighted by Gasteiger charge is 2.26. The Balaban J connectivity index is 1.93. The molecular formula is C22H30N8O. The number of hydrogen-bond acceptors (Lipinski definition) is 7. The number of anilines is 1. The number of piperidine rings is 1. The first-order valence-electron chi connectivity index (χ1n) is 10.6. The van der Waals surface area contributed by atoms with Gasteiger partial charge in [-0.3, -0.25) is 4.68 Å². The van der Waals surface area contributed by atoms with Crippen molar-refractivity contribution in [1.29, 1.82) is 0 Å². The third-order valence-electron chi connectivity index (χ3n) is 5.57. The van der Waals surface area contributed by atoms with Crippen LogP contribution in [0.1, 0.15) is 30.0 Å². The summed E-state index contributed by atoms with van der Waals surface area (Å²) in [6, 6.07) is 0. The van der Waals surface area contributed by atoms with E-state index in [9.17, 15) is 5.11 Å². The molecule has 0 bridgehead atoms. The fraction of sp³-hybridized carbons (Fsp3) is 0.409. The molecule has 1 aliphatic rings. The minimum absolute atomic E-state index is 0.0261. The Morgan fingerprint density at radius 1 is 1.39 bits per heavy atom. The van der Waals surface area contributed by atoms with Crippen molar-refractivity contribution >= 4 is 17.0 Å². The van der Waals surface area contributed by atoms with Crippen LogP contribution in [0.25, 0.3) is 22.3 Å². The number of nitrogens with two attached hydrogens (primary N) is 1. The Bertz CT molecular complexity index is 1100. The molecule has 4 rings (SSSR count). The normalized spacial score (nSPS) is 17.3. The van der Waals surface area contributed by atoms with E-state index in [2.05, 4.69) is 22.1 Å². The summed E-state index contributed by atoms with van der Waals surface area (Å²) in [5.74, 6) is 0.777. The second kappa shape index (κ2) is 8.91. The van der Waals surface area contributed by atoms with Crippen LogP contribution in [0.3, 0.4) is 0 Å². The Kier molecular flexibility index (Phi) is 6.06. The second-order valence-corrected chi connectivity index (χ2v) is 8.06. The highest BCUT2D eigenvalue weighted by Crippen LogP contribution is 2.37. The zero-order valence-corrected chi connectivity index (χ0v) is 18.1. The highest BCUT2D eigenvalue weighted by atomic mass is 16.3. The Labute approximate surface area is 181 Å². The Morgan fingerprint density at radius 3 is 2.90 bits per heavy atom. The topological polar surface area (TPSA) is 110 Å². The fourth-order valence-electron chi connectivity index (χ4n) is 4.14. The molecule has 1 saturated heterocycles. The lowest BCUT2D eigenvalue weighted by molar-refractivity contribution is 0.269. The zero-order valence-electron chi connectivity index (χ0n) is 18.1. The standard InChI is InChI=1S/C22H30N8O/c1-4-15(13-28(2)3)18-12-26-30-21(23)19(17-11-25-29(14-17)8-9-31)20(27-22(18)30)16-6-5-7-24-10-16/h4,11-14,16,24,31H,1,5-10,23H2,2-3H3/b15-13+. The first kappa shape index (κ1) is 21.1. The molecule has 31 heavy (non-hydrogen) atoms. The monoisotopic (exact) mass is 422 g/mol. The van der Waals surface area contributed by atoms with Gasteiger partial charge >= 0.3 is 0 Å². The van der Waals surface area contributed by atoms with Gasteiger partial charge in [0.25, 0.3) is 0 Å². The average Bonchev–Trinajstić information content (AvgIpc) is 3.40. The molecule has 4 N–H and O–H groups in total. The quantitative estimate of drug-likeness (QED) is 0.497. The predicted octanol–water partition coefficient (Wildman–Crippen LogP) is 1.72. The smallest absolute Gasteiger partial charge is 0.165 e. The van der Waals surface area contributed by atoms with Crippen molar-refractivity contribution in [2.75, 3.05) is 39.5 Å². The number of aliphatic hydroxyl groups is 1. The van der Waals surface area contributed by atoms with Gasteiger partial charge < -0.3 is 21.1 Å². The number of fused-ring (bicyclic) bond motifs is 1. The molecule has 3 aromatic heterocycles. The first-order valence-corrected chi connectivity index (χ1v) is 10.6. The Morgan fingerprint density at radius 2 is 2.23 bits per heavy atom. The molecule has 1 fully saturated rings. The van der Waals surface area contributed by atoms with Crippen molar-refractivity contribution in [1.82, 2.24) is 34.6 Å². The first-order chi connectivity index (χ1) is 15.0. The van der Waals surface area contributed by atoms with Gasteiger partial charge in [0.1, 0.15) is 5.82 Å². The van der Waals surface area contributed by atoms with Crippen molar-refractivity contribution in [2.24, 2.45) is 0 Å². The third-order valence-corrected chi connectivity index (χ3v) is 5.57. The molecule has 0 saturated carbocycles. The number of nitrogens with zero attached hydrogens (tertiary/aromatic N) is 6. The van der Waals surface area contributed by atoms with Crippen LogP contribution >= 0.6 is 0 Å². The van der Waals surface area contributed by atoms with Crippen LogP contribution in [0.15, 0.2) is 37.4 Å². The van der Waals surface area contributed by atoms with E-state index < -0.39 is 0 Å². The summed E-state index contributed by atoms with van der Waals surface area (Å²) in [5, 5.41) is 21.7. The lowest BCUT2D eigenvalue weighted by Gasteiger charge is -2.25. The van der Waals surface area contributed by atoms with E-state index in [0.29, 0.717) is 12.4 Å². The summed E-state index contributed by atoms with van der Waals surface area (Å²) >= 11 is 0. The molecule has 164 valence electrons. The maximum absolute atomic E-state index is 9.26. The van der Waals surface area contributed by atoms with Crippen molar-refractivity contribution in [3.8, 4) is 11.1 Å². The predicted molar refractivity (Wildman–Crippen MR) is 122 cm³/mol. The van der Waals surface area contributed by atoms with Gasteiger partial charge in [0, 0.05) is 61.2 Å². The molecule has 0 amide bonds. The molecule has 0 aliphatic carbocycles. The minimum atomic E-state index is 0.0261. The van der Waals surface area contributed by atoms with E-state index >= 15 is 0 Å². The number of hydrogen-bond donors (Lipinski definition) is 3. The molecule has 3 aromatic rings. The number of nitrogen functional groups attached to an aromatic ring is 1. The molecule has 0 spiro atoms. The SMILES string of the molecule is C=C/C(=C\N(C)C)c1cnn2c(N)c(-c3cnn(CCO)c3)c(C3CCCNC3)nc12. The van der Waals surface area contributed by atoms with Gasteiger partial charge in [-0.1, -0.05) is 12.7 Å². The van der Waals surface area contributed by atoms with Crippen molar-refractivity contribution in [3.05, 3.63) is 48.7 Å². The molecule has 1 unspecified atom stereocenters. The van der Waals surface area contributed by atoms with Crippen LogP contribution in [-0.4, -0.2) is 68.2 Å². The summed E-state index contributed by atoms with van der Waals surface area (Å²) in [4.78, 5) is 7.09. The van der Waals surface area contributed by atoms with E-state index in [1.54, 1.807) is 21.6 Å². The van der Waals surface area contributed by atoms with Gasteiger partial charge in [-0.2, -0.15) is 14.7 Å². The van der Waals surface area contributed by atoms with Crippen LogP contribution in [0, 0.1) is 0 Å².